The van der Waals surface area contributed by atoms with E-state index in [1.165, 1.54) is 0 Å². The van der Waals surface area contributed by atoms with Crippen molar-refractivity contribution in [2.75, 3.05) is 11.9 Å². The molecule has 1 fully saturated rings. The number of para-hydroxylation sites is 1. The molecule has 1 heterocycles. The molecule has 5 nitrogen and oxygen atoms in total. The fourth-order valence-electron chi connectivity index (χ4n) is 4.07. The molecule has 1 aliphatic rings. The number of carbonyl (C=O) groups is 2. The lowest BCUT2D eigenvalue weighted by Crippen LogP contribution is -2.30. The van der Waals surface area contributed by atoms with E-state index >= 15 is 0 Å². The smallest absolute Gasteiger partial charge is 0.310 e. The number of hydrogen-bond acceptors (Lipinski definition) is 5. The van der Waals surface area contributed by atoms with Crippen LogP contribution >= 0.6 is 11.3 Å². The van der Waals surface area contributed by atoms with Crippen molar-refractivity contribution in [1.82, 2.24) is 4.98 Å². The van der Waals surface area contributed by atoms with Crippen LogP contribution in [0.1, 0.15) is 47.7 Å². The standard InChI is InChI=1S/C24H26N2O3S/c1-15-8-7-12-19(16(15)2)25-22(27)14-29-24(28)18-10-4-3-9-17(18)23-26-20-11-5-6-13-21(20)30-23/h5-8,11-13,17-18H,3-4,9-10,14H2,1-2H3,(H,25,27)/t17-,18-/m0/s1. The zero-order chi connectivity index (χ0) is 21.1. The Balaban J connectivity index is 1.41. The number of anilines is 1. The van der Waals surface area contributed by atoms with Crippen molar-refractivity contribution in [2.24, 2.45) is 5.92 Å². The molecule has 0 spiro atoms. The summed E-state index contributed by atoms with van der Waals surface area (Å²) in [5.74, 6) is -0.794. The van der Waals surface area contributed by atoms with Crippen LogP contribution in [0.2, 0.25) is 0 Å². The molecule has 1 aliphatic carbocycles. The van der Waals surface area contributed by atoms with Crippen LogP contribution in [0.25, 0.3) is 10.2 Å². The molecule has 30 heavy (non-hydrogen) atoms. The first kappa shape index (κ1) is 20.5. The number of rotatable bonds is 5. The van der Waals surface area contributed by atoms with E-state index in [9.17, 15) is 9.59 Å². The van der Waals surface area contributed by atoms with Gasteiger partial charge in [0.25, 0.3) is 5.91 Å². The summed E-state index contributed by atoms with van der Waals surface area (Å²) in [6.07, 6.45) is 3.78. The number of ether oxygens (including phenoxy) is 1. The van der Waals surface area contributed by atoms with Crippen molar-refractivity contribution in [1.29, 1.82) is 0 Å². The van der Waals surface area contributed by atoms with Gasteiger partial charge in [-0.1, -0.05) is 37.1 Å². The Hall–Kier alpha value is -2.73. The van der Waals surface area contributed by atoms with Gasteiger partial charge in [0.2, 0.25) is 0 Å². The minimum absolute atomic E-state index is 0.0609. The van der Waals surface area contributed by atoms with Crippen LogP contribution in [0.4, 0.5) is 5.69 Å². The van der Waals surface area contributed by atoms with Crippen molar-refractivity contribution >= 4 is 39.1 Å². The molecule has 2 atom stereocenters. The van der Waals surface area contributed by atoms with Gasteiger partial charge in [0.1, 0.15) is 0 Å². The molecule has 6 heteroatoms. The molecule has 0 radical (unpaired) electrons. The average Bonchev–Trinajstić information content (AvgIpc) is 3.19. The van der Waals surface area contributed by atoms with Crippen LogP contribution in [0.15, 0.2) is 42.5 Å². The number of thiazole rings is 1. The monoisotopic (exact) mass is 422 g/mol. The Morgan fingerprint density at radius 1 is 1.10 bits per heavy atom. The second-order valence-electron chi connectivity index (χ2n) is 7.92. The van der Waals surface area contributed by atoms with E-state index in [4.69, 9.17) is 9.72 Å². The molecule has 156 valence electrons. The average molecular weight is 423 g/mol. The summed E-state index contributed by atoms with van der Waals surface area (Å²) in [6, 6.07) is 13.8. The molecule has 1 saturated carbocycles. The molecule has 2 aromatic carbocycles. The van der Waals surface area contributed by atoms with Gasteiger partial charge in [-0.25, -0.2) is 4.98 Å². The first-order valence-corrected chi connectivity index (χ1v) is 11.2. The lowest BCUT2D eigenvalue weighted by molar-refractivity contribution is -0.153. The molecule has 0 saturated heterocycles. The van der Waals surface area contributed by atoms with Gasteiger partial charge in [0.05, 0.1) is 21.1 Å². The Labute approximate surface area is 180 Å². The largest absolute Gasteiger partial charge is 0.455 e. The molecule has 4 rings (SSSR count). The maximum absolute atomic E-state index is 12.8. The van der Waals surface area contributed by atoms with E-state index in [0.29, 0.717) is 0 Å². The van der Waals surface area contributed by atoms with E-state index in [-0.39, 0.29) is 30.3 Å². The topological polar surface area (TPSA) is 68.3 Å². The molecule has 1 aromatic heterocycles. The molecule has 3 aromatic rings. The first-order valence-electron chi connectivity index (χ1n) is 10.4. The number of aromatic nitrogens is 1. The molecule has 0 unspecified atom stereocenters. The maximum Gasteiger partial charge on any atom is 0.310 e. The summed E-state index contributed by atoms with van der Waals surface area (Å²) < 4.78 is 6.57. The number of amides is 1. The summed E-state index contributed by atoms with van der Waals surface area (Å²) in [5.41, 5.74) is 3.84. The molecule has 0 aliphatic heterocycles. The zero-order valence-electron chi connectivity index (χ0n) is 17.3. The van der Waals surface area contributed by atoms with Crippen molar-refractivity contribution < 1.29 is 14.3 Å². The third-order valence-electron chi connectivity index (χ3n) is 5.92. The number of esters is 1. The van der Waals surface area contributed by atoms with Crippen LogP contribution in [0.5, 0.6) is 0 Å². The Bertz CT molecular complexity index is 1040. The van der Waals surface area contributed by atoms with Gasteiger partial charge in [-0.15, -0.1) is 11.3 Å². The number of benzene rings is 2. The van der Waals surface area contributed by atoms with Gasteiger partial charge in [-0.2, -0.15) is 0 Å². The Morgan fingerprint density at radius 2 is 1.90 bits per heavy atom. The summed E-state index contributed by atoms with van der Waals surface area (Å²) in [7, 11) is 0. The second kappa shape index (κ2) is 8.96. The van der Waals surface area contributed by atoms with Gasteiger partial charge >= 0.3 is 5.97 Å². The van der Waals surface area contributed by atoms with E-state index in [0.717, 1.165) is 57.7 Å². The van der Waals surface area contributed by atoms with Gasteiger partial charge < -0.3 is 10.1 Å². The van der Waals surface area contributed by atoms with Crippen LogP contribution < -0.4 is 5.32 Å². The summed E-state index contributed by atoms with van der Waals surface area (Å²) in [6.45, 7) is 3.69. The minimum atomic E-state index is -0.315. The molecule has 0 bridgehead atoms. The predicted molar refractivity (Wildman–Crippen MR) is 120 cm³/mol. The lowest BCUT2D eigenvalue weighted by atomic mass is 9.79. The quantitative estimate of drug-likeness (QED) is 0.561. The maximum atomic E-state index is 12.8. The van der Waals surface area contributed by atoms with Crippen LogP contribution in [-0.2, 0) is 14.3 Å². The molecule has 1 N–H and O–H groups in total. The van der Waals surface area contributed by atoms with E-state index in [1.807, 2.05) is 50.2 Å². The fourth-order valence-corrected chi connectivity index (χ4v) is 5.24. The molecule has 1 amide bonds. The number of aryl methyl sites for hydroxylation is 1. The minimum Gasteiger partial charge on any atom is -0.455 e. The SMILES string of the molecule is Cc1cccc(NC(=O)COC(=O)[C@H]2CCCC[C@@H]2c2nc3ccccc3s2)c1C. The molecular formula is C24H26N2O3S. The van der Waals surface area contributed by atoms with Crippen molar-refractivity contribution in [3.8, 4) is 0 Å². The van der Waals surface area contributed by atoms with E-state index in [1.54, 1.807) is 11.3 Å². The Morgan fingerprint density at radius 3 is 2.73 bits per heavy atom. The number of hydrogen-bond donors (Lipinski definition) is 1. The highest BCUT2D eigenvalue weighted by molar-refractivity contribution is 7.18. The highest BCUT2D eigenvalue weighted by Crippen LogP contribution is 2.41. The lowest BCUT2D eigenvalue weighted by Gasteiger charge is -2.28. The van der Waals surface area contributed by atoms with Crippen LogP contribution in [0.3, 0.4) is 0 Å². The summed E-state index contributed by atoms with van der Waals surface area (Å²) in [4.78, 5) is 30.0. The number of nitrogens with zero attached hydrogens (tertiary/aromatic N) is 1. The van der Waals surface area contributed by atoms with Crippen LogP contribution in [-0.4, -0.2) is 23.5 Å². The Kier molecular flexibility index (Phi) is 6.13. The summed E-state index contributed by atoms with van der Waals surface area (Å²) in [5, 5.41) is 3.84. The zero-order valence-corrected chi connectivity index (χ0v) is 18.1. The molecular weight excluding hydrogens is 396 g/mol. The highest BCUT2D eigenvalue weighted by atomic mass is 32.1. The second-order valence-corrected chi connectivity index (χ2v) is 8.98. The third kappa shape index (κ3) is 4.38. The van der Waals surface area contributed by atoms with Crippen molar-refractivity contribution in [3.63, 3.8) is 0 Å². The van der Waals surface area contributed by atoms with Gasteiger partial charge in [0, 0.05) is 11.6 Å². The number of nitrogens with one attached hydrogen (secondary N) is 1. The van der Waals surface area contributed by atoms with Crippen molar-refractivity contribution in [3.05, 3.63) is 58.6 Å². The van der Waals surface area contributed by atoms with Gasteiger partial charge in [0.15, 0.2) is 6.61 Å². The van der Waals surface area contributed by atoms with E-state index in [2.05, 4.69) is 11.4 Å². The number of carbonyl (C=O) groups excluding carboxylic acids is 2. The third-order valence-corrected chi connectivity index (χ3v) is 7.09. The van der Waals surface area contributed by atoms with Gasteiger partial charge in [-0.3, -0.25) is 9.59 Å². The highest BCUT2D eigenvalue weighted by Gasteiger charge is 2.35. The normalized spacial score (nSPS) is 18.9. The van der Waals surface area contributed by atoms with Crippen LogP contribution in [0, 0.1) is 19.8 Å². The number of fused-ring (bicyclic) bond motifs is 1. The van der Waals surface area contributed by atoms with E-state index < -0.39 is 0 Å². The van der Waals surface area contributed by atoms with Gasteiger partial charge in [-0.05, 0) is 56.0 Å². The summed E-state index contributed by atoms with van der Waals surface area (Å²) >= 11 is 1.66. The predicted octanol–water partition coefficient (Wildman–Crippen LogP) is 5.37. The first-order chi connectivity index (χ1) is 14.5. The van der Waals surface area contributed by atoms with Crippen molar-refractivity contribution in [2.45, 2.75) is 45.4 Å². The fraction of sp³-hybridized carbons (Fsp3) is 0.375.